The Morgan fingerprint density at radius 3 is 2.63 bits per heavy atom. The molecule has 0 amide bonds. The molecule has 1 aromatic rings. The van der Waals surface area contributed by atoms with Gasteiger partial charge in [-0.15, -0.1) is 0 Å². The number of alkyl halides is 1. The highest BCUT2D eigenvalue weighted by Crippen LogP contribution is 2.44. The van der Waals surface area contributed by atoms with E-state index in [0.29, 0.717) is 0 Å². The molecule has 0 saturated carbocycles. The van der Waals surface area contributed by atoms with Gasteiger partial charge < -0.3 is 0 Å². The van der Waals surface area contributed by atoms with Crippen LogP contribution in [0.3, 0.4) is 0 Å². The maximum atomic E-state index is 14.9. The van der Waals surface area contributed by atoms with Gasteiger partial charge in [-0.05, 0) is 26.0 Å². The molecule has 7 heteroatoms. The maximum Gasteiger partial charge on any atom is 0.219 e. The van der Waals surface area contributed by atoms with Crippen LogP contribution in [0.4, 0.5) is 8.78 Å². The summed E-state index contributed by atoms with van der Waals surface area (Å²) in [5.41, 5.74) is -2.59. The number of hydrogen-bond donors (Lipinski definition) is 0. The fraction of sp³-hybridized carbons (Fsp3) is 0.417. The van der Waals surface area contributed by atoms with Gasteiger partial charge in [0.2, 0.25) is 5.95 Å². The Bertz CT molecular complexity index is 658. The molecule has 0 N–H and O–H groups in total. The fourth-order valence-corrected chi connectivity index (χ4v) is 3.39. The largest absolute Gasteiger partial charge is 0.234 e. The Hall–Kier alpha value is -1.01. The molecule has 1 aliphatic heterocycles. The Labute approximate surface area is 115 Å². The molecule has 104 valence electrons. The van der Waals surface area contributed by atoms with Crippen LogP contribution in [0.5, 0.6) is 0 Å². The molecule has 3 nitrogen and oxygen atoms in total. The molecule has 0 bridgehead atoms. The third-order valence-electron chi connectivity index (χ3n) is 3.22. The van der Waals surface area contributed by atoms with Crippen molar-refractivity contribution < 1.29 is 17.2 Å². The average molecular weight is 308 g/mol. The minimum atomic E-state index is -3.56. The summed E-state index contributed by atoms with van der Waals surface area (Å²) in [6.45, 7) is 2.80. The van der Waals surface area contributed by atoms with Crippen LogP contribution in [0.2, 0.25) is 5.02 Å². The van der Waals surface area contributed by atoms with Gasteiger partial charge in [0.1, 0.15) is 0 Å². The SMILES string of the molecule is CC1(C)C[C@@](F)(c2cc(Cl)cnc2F)C=CS1(=O)=O. The second-order valence-electron chi connectivity index (χ2n) is 5.14. The molecular weight excluding hydrogens is 296 g/mol. The lowest BCUT2D eigenvalue weighted by molar-refractivity contribution is 0.187. The summed E-state index contributed by atoms with van der Waals surface area (Å²) >= 11 is 5.69. The number of nitrogens with zero attached hydrogens (tertiary/aromatic N) is 1. The van der Waals surface area contributed by atoms with Crippen molar-refractivity contribution in [3.05, 3.63) is 40.3 Å². The quantitative estimate of drug-likeness (QED) is 0.749. The van der Waals surface area contributed by atoms with E-state index >= 15 is 0 Å². The zero-order valence-electron chi connectivity index (χ0n) is 10.3. The Morgan fingerprint density at radius 1 is 1.42 bits per heavy atom. The topological polar surface area (TPSA) is 47.0 Å². The lowest BCUT2D eigenvalue weighted by Gasteiger charge is -2.35. The van der Waals surface area contributed by atoms with Crippen molar-refractivity contribution in [1.29, 1.82) is 0 Å². The predicted octanol–water partition coefficient (Wildman–Crippen LogP) is 3.15. The van der Waals surface area contributed by atoms with Crippen molar-refractivity contribution in [3.63, 3.8) is 0 Å². The lowest BCUT2D eigenvalue weighted by Crippen LogP contribution is -2.41. The van der Waals surface area contributed by atoms with Gasteiger partial charge in [-0.25, -0.2) is 17.8 Å². The van der Waals surface area contributed by atoms with Gasteiger partial charge in [-0.3, -0.25) is 0 Å². The molecule has 0 unspecified atom stereocenters. The van der Waals surface area contributed by atoms with E-state index in [9.17, 15) is 17.2 Å². The molecule has 1 aromatic heterocycles. The van der Waals surface area contributed by atoms with Crippen molar-refractivity contribution in [2.24, 2.45) is 0 Å². The van der Waals surface area contributed by atoms with E-state index in [1.54, 1.807) is 0 Å². The number of halogens is 3. The van der Waals surface area contributed by atoms with Gasteiger partial charge in [0, 0.05) is 23.6 Å². The third-order valence-corrected chi connectivity index (χ3v) is 5.60. The summed E-state index contributed by atoms with van der Waals surface area (Å²) < 4.78 is 50.8. The Kier molecular flexibility index (Phi) is 3.22. The smallest absolute Gasteiger partial charge is 0.219 e. The second-order valence-corrected chi connectivity index (χ2v) is 8.04. The first-order valence-electron chi connectivity index (χ1n) is 5.52. The van der Waals surface area contributed by atoms with E-state index in [4.69, 9.17) is 11.6 Å². The van der Waals surface area contributed by atoms with Crippen LogP contribution in [0, 0.1) is 5.95 Å². The van der Waals surface area contributed by atoms with Crippen LogP contribution in [0.1, 0.15) is 25.8 Å². The monoisotopic (exact) mass is 307 g/mol. The summed E-state index contributed by atoms with van der Waals surface area (Å²) in [6, 6.07) is 1.13. The average Bonchev–Trinajstić information content (AvgIpc) is 2.28. The highest BCUT2D eigenvalue weighted by atomic mass is 35.5. The molecule has 0 aromatic carbocycles. The third kappa shape index (κ3) is 2.39. The summed E-state index contributed by atoms with van der Waals surface area (Å²) in [6.07, 6.45) is 1.53. The summed E-state index contributed by atoms with van der Waals surface area (Å²) in [4.78, 5) is 3.36. The first kappa shape index (κ1) is 14.4. The molecule has 1 atom stereocenters. The van der Waals surface area contributed by atoms with Crippen LogP contribution in [-0.4, -0.2) is 18.1 Å². The first-order chi connectivity index (χ1) is 8.57. The van der Waals surface area contributed by atoms with Gasteiger partial charge in [0.15, 0.2) is 15.5 Å². The summed E-state index contributed by atoms with van der Waals surface area (Å²) in [7, 11) is -3.56. The number of rotatable bonds is 1. The van der Waals surface area contributed by atoms with Crippen LogP contribution < -0.4 is 0 Å². The van der Waals surface area contributed by atoms with Crippen molar-refractivity contribution in [2.75, 3.05) is 0 Å². The minimum Gasteiger partial charge on any atom is -0.234 e. The van der Waals surface area contributed by atoms with Gasteiger partial charge in [-0.2, -0.15) is 4.39 Å². The zero-order valence-corrected chi connectivity index (χ0v) is 11.9. The molecule has 0 spiro atoms. The number of allylic oxidation sites excluding steroid dienone is 1. The Balaban J connectivity index is 2.60. The lowest BCUT2D eigenvalue weighted by atomic mass is 9.87. The van der Waals surface area contributed by atoms with Crippen molar-refractivity contribution in [2.45, 2.75) is 30.7 Å². The standard InChI is InChI=1S/C12H12ClF2NO2S/c1-11(2)7-12(15,3-4-19(11,17)18)9-5-8(13)6-16-10(9)14/h3-6H,7H2,1-2H3/t12-/m1/s1. The van der Waals surface area contributed by atoms with Gasteiger partial charge in [0.05, 0.1) is 9.77 Å². The maximum absolute atomic E-state index is 14.9. The highest BCUT2D eigenvalue weighted by molar-refractivity contribution is 7.95. The number of pyridine rings is 1. The van der Waals surface area contributed by atoms with E-state index in [0.717, 1.165) is 23.7 Å². The van der Waals surface area contributed by atoms with Crippen LogP contribution in [-0.2, 0) is 15.5 Å². The molecule has 0 fully saturated rings. The fourth-order valence-electron chi connectivity index (χ4n) is 2.06. The van der Waals surface area contributed by atoms with Crippen LogP contribution in [0.15, 0.2) is 23.7 Å². The second kappa shape index (κ2) is 4.24. The molecule has 0 radical (unpaired) electrons. The normalized spacial score (nSPS) is 28.3. The number of hydrogen-bond acceptors (Lipinski definition) is 3. The molecule has 1 aliphatic rings. The molecule has 2 heterocycles. The Morgan fingerprint density at radius 2 is 2.05 bits per heavy atom. The van der Waals surface area contributed by atoms with E-state index in [1.807, 2.05) is 0 Å². The molecule has 2 rings (SSSR count). The first-order valence-corrected chi connectivity index (χ1v) is 7.44. The zero-order chi connectivity index (χ0) is 14.5. The number of sulfone groups is 1. The number of aromatic nitrogens is 1. The highest BCUT2D eigenvalue weighted by Gasteiger charge is 2.48. The summed E-state index contributed by atoms with van der Waals surface area (Å²) in [5, 5.41) is 0.879. The van der Waals surface area contributed by atoms with Gasteiger partial charge in [-0.1, -0.05) is 11.6 Å². The van der Waals surface area contributed by atoms with Crippen LogP contribution >= 0.6 is 11.6 Å². The minimum absolute atomic E-state index is 0.0908. The van der Waals surface area contributed by atoms with Crippen molar-refractivity contribution in [1.82, 2.24) is 4.98 Å². The van der Waals surface area contributed by atoms with Gasteiger partial charge in [0.25, 0.3) is 0 Å². The molecule has 0 aliphatic carbocycles. The predicted molar refractivity (Wildman–Crippen MR) is 68.7 cm³/mol. The van der Waals surface area contributed by atoms with E-state index in [1.165, 1.54) is 13.8 Å². The molecule has 0 saturated heterocycles. The van der Waals surface area contributed by atoms with E-state index < -0.39 is 32.6 Å². The van der Waals surface area contributed by atoms with Crippen LogP contribution in [0.25, 0.3) is 0 Å². The molecule has 19 heavy (non-hydrogen) atoms. The van der Waals surface area contributed by atoms with E-state index in [-0.39, 0.29) is 10.6 Å². The summed E-state index contributed by atoms with van der Waals surface area (Å²) in [5.74, 6) is -0.994. The van der Waals surface area contributed by atoms with E-state index in [2.05, 4.69) is 4.98 Å². The molecular formula is C12H12ClF2NO2S. The van der Waals surface area contributed by atoms with Crippen molar-refractivity contribution in [3.8, 4) is 0 Å². The van der Waals surface area contributed by atoms with Crippen molar-refractivity contribution >= 4 is 21.4 Å². The van der Waals surface area contributed by atoms with Gasteiger partial charge >= 0.3 is 0 Å².